The molecule has 0 spiro atoms. The van der Waals surface area contributed by atoms with Crippen LogP contribution in [0.2, 0.25) is 0 Å². The highest BCUT2D eigenvalue weighted by Crippen LogP contribution is 2.23. The Labute approximate surface area is 111 Å². The van der Waals surface area contributed by atoms with Crippen LogP contribution in [0.25, 0.3) is 11.4 Å². The molecule has 0 aliphatic rings. The van der Waals surface area contributed by atoms with Gasteiger partial charge in [-0.2, -0.15) is 0 Å². The first-order chi connectivity index (χ1) is 9.00. The lowest BCUT2D eigenvalue weighted by Crippen LogP contribution is -2.23. The molecule has 0 aliphatic heterocycles. The number of hydrogen-bond donors (Lipinski definition) is 1. The van der Waals surface area contributed by atoms with Crippen molar-refractivity contribution < 1.29 is 9.90 Å². The summed E-state index contributed by atoms with van der Waals surface area (Å²) in [5, 5.41) is 20.6. The quantitative estimate of drug-likeness (QED) is 0.908. The van der Waals surface area contributed by atoms with Gasteiger partial charge in [0.05, 0.1) is 12.0 Å². The molecule has 0 radical (unpaired) electrons. The molecule has 2 rings (SSSR count). The lowest BCUT2D eigenvalue weighted by Gasteiger charge is -2.17. The van der Waals surface area contributed by atoms with E-state index < -0.39 is 11.9 Å². The third-order valence-electron chi connectivity index (χ3n) is 3.30. The fourth-order valence-corrected chi connectivity index (χ4v) is 1.78. The number of nitrogens with zero attached hydrogens (tertiary/aromatic N) is 4. The van der Waals surface area contributed by atoms with E-state index in [9.17, 15) is 4.79 Å². The molecule has 0 saturated heterocycles. The van der Waals surface area contributed by atoms with Crippen molar-refractivity contribution in [2.75, 3.05) is 0 Å². The van der Waals surface area contributed by atoms with Crippen LogP contribution in [0.5, 0.6) is 0 Å². The zero-order chi connectivity index (χ0) is 14.0. The molecule has 0 amide bonds. The highest BCUT2D eigenvalue weighted by atomic mass is 16.4. The molecule has 1 N–H and O–H groups in total. The van der Waals surface area contributed by atoms with Gasteiger partial charge in [0.2, 0.25) is 0 Å². The van der Waals surface area contributed by atoms with Gasteiger partial charge in [-0.05, 0) is 31.2 Å². The zero-order valence-corrected chi connectivity index (χ0v) is 11.1. The molecule has 0 fully saturated rings. The maximum absolute atomic E-state index is 11.0. The van der Waals surface area contributed by atoms with Crippen molar-refractivity contribution in [1.29, 1.82) is 0 Å². The van der Waals surface area contributed by atoms with Crippen molar-refractivity contribution in [3.8, 4) is 11.4 Å². The van der Waals surface area contributed by atoms with E-state index in [-0.39, 0.29) is 6.04 Å². The Morgan fingerprint density at radius 1 is 1.26 bits per heavy atom. The Hall–Kier alpha value is -2.24. The van der Waals surface area contributed by atoms with Gasteiger partial charge in [-0.15, -0.1) is 5.10 Å². The average molecular weight is 260 g/mol. The summed E-state index contributed by atoms with van der Waals surface area (Å²) in [5.74, 6) is -0.842. The van der Waals surface area contributed by atoms with Crippen LogP contribution in [0.1, 0.15) is 25.5 Å². The smallest absolute Gasteiger partial charge is 0.308 e. The van der Waals surface area contributed by atoms with Crippen molar-refractivity contribution >= 4 is 5.97 Å². The first-order valence-electron chi connectivity index (χ1n) is 6.08. The summed E-state index contributed by atoms with van der Waals surface area (Å²) >= 11 is 0. The van der Waals surface area contributed by atoms with Gasteiger partial charge < -0.3 is 5.11 Å². The Balaban J connectivity index is 2.37. The third-order valence-corrected chi connectivity index (χ3v) is 3.30. The van der Waals surface area contributed by atoms with Crippen LogP contribution in [0.3, 0.4) is 0 Å². The molecule has 0 aliphatic carbocycles. The fraction of sp³-hybridized carbons (Fsp3) is 0.385. The molecule has 2 aromatic rings. The van der Waals surface area contributed by atoms with Gasteiger partial charge in [0.1, 0.15) is 0 Å². The summed E-state index contributed by atoms with van der Waals surface area (Å²) in [6.45, 7) is 5.45. The summed E-state index contributed by atoms with van der Waals surface area (Å²) in [5.41, 5.74) is 2.02. The number of carboxylic acid groups (broad SMARTS) is 1. The summed E-state index contributed by atoms with van der Waals surface area (Å²) in [6, 6.07) is 7.48. The van der Waals surface area contributed by atoms with Crippen molar-refractivity contribution in [3.63, 3.8) is 0 Å². The van der Waals surface area contributed by atoms with E-state index in [1.807, 2.05) is 31.2 Å². The van der Waals surface area contributed by atoms with Crippen molar-refractivity contribution in [1.82, 2.24) is 20.2 Å². The lowest BCUT2D eigenvalue weighted by atomic mass is 10.0. The summed E-state index contributed by atoms with van der Waals surface area (Å²) in [7, 11) is 0. The number of carboxylic acids is 1. The molecule has 1 aromatic heterocycles. The van der Waals surface area contributed by atoms with Gasteiger partial charge in [-0.1, -0.05) is 29.8 Å². The second-order valence-corrected chi connectivity index (χ2v) is 4.68. The normalized spacial score (nSPS) is 14.1. The van der Waals surface area contributed by atoms with Crippen LogP contribution >= 0.6 is 0 Å². The van der Waals surface area contributed by atoms with E-state index in [0.29, 0.717) is 5.82 Å². The van der Waals surface area contributed by atoms with Gasteiger partial charge in [0, 0.05) is 5.56 Å². The maximum atomic E-state index is 11.0. The second kappa shape index (κ2) is 5.17. The first-order valence-corrected chi connectivity index (χ1v) is 6.08. The number of aliphatic carboxylic acids is 1. The third kappa shape index (κ3) is 2.62. The highest BCUT2D eigenvalue weighted by Gasteiger charge is 2.24. The summed E-state index contributed by atoms with van der Waals surface area (Å²) < 4.78 is 1.56. The molecule has 6 heteroatoms. The van der Waals surface area contributed by atoms with Crippen molar-refractivity contribution in [2.45, 2.75) is 26.8 Å². The molecule has 1 aromatic carbocycles. The largest absolute Gasteiger partial charge is 0.481 e. The monoisotopic (exact) mass is 260 g/mol. The molecule has 19 heavy (non-hydrogen) atoms. The van der Waals surface area contributed by atoms with Crippen LogP contribution < -0.4 is 0 Å². The fourth-order valence-electron chi connectivity index (χ4n) is 1.78. The Morgan fingerprint density at radius 2 is 1.89 bits per heavy atom. The molecule has 6 nitrogen and oxygen atoms in total. The van der Waals surface area contributed by atoms with E-state index >= 15 is 0 Å². The van der Waals surface area contributed by atoms with Gasteiger partial charge in [-0.25, -0.2) is 4.68 Å². The van der Waals surface area contributed by atoms with Gasteiger partial charge >= 0.3 is 5.97 Å². The molecule has 2 unspecified atom stereocenters. The molecule has 0 bridgehead atoms. The van der Waals surface area contributed by atoms with Crippen LogP contribution in [-0.4, -0.2) is 31.3 Å². The Bertz CT molecular complexity index is 577. The van der Waals surface area contributed by atoms with Gasteiger partial charge in [-0.3, -0.25) is 4.79 Å². The number of carbonyl (C=O) groups is 1. The number of benzene rings is 1. The highest BCUT2D eigenvalue weighted by molar-refractivity contribution is 5.70. The number of rotatable bonds is 4. The summed E-state index contributed by atoms with van der Waals surface area (Å²) in [4.78, 5) is 11.0. The zero-order valence-electron chi connectivity index (χ0n) is 11.1. The van der Waals surface area contributed by atoms with E-state index in [1.54, 1.807) is 18.5 Å². The lowest BCUT2D eigenvalue weighted by molar-refractivity contribution is -0.142. The van der Waals surface area contributed by atoms with E-state index in [1.165, 1.54) is 0 Å². The van der Waals surface area contributed by atoms with E-state index in [0.717, 1.165) is 11.1 Å². The number of aromatic nitrogens is 4. The number of hydrogen-bond acceptors (Lipinski definition) is 4. The summed E-state index contributed by atoms with van der Waals surface area (Å²) in [6.07, 6.45) is 0. The molecule has 1 heterocycles. The van der Waals surface area contributed by atoms with Gasteiger partial charge in [0.25, 0.3) is 0 Å². The van der Waals surface area contributed by atoms with Crippen molar-refractivity contribution in [2.24, 2.45) is 5.92 Å². The molecular weight excluding hydrogens is 244 g/mol. The second-order valence-electron chi connectivity index (χ2n) is 4.68. The standard InChI is InChI=1S/C13H16N4O2/c1-8-4-6-11(7-5-8)12-14-15-16-17(12)10(3)9(2)13(18)19/h4-7,9-10H,1-3H3,(H,18,19). The Kier molecular flexibility index (Phi) is 3.59. The van der Waals surface area contributed by atoms with Crippen molar-refractivity contribution in [3.05, 3.63) is 29.8 Å². The average Bonchev–Trinajstić information content (AvgIpc) is 2.87. The van der Waals surface area contributed by atoms with Crippen LogP contribution in [-0.2, 0) is 4.79 Å². The van der Waals surface area contributed by atoms with E-state index in [2.05, 4.69) is 15.5 Å². The van der Waals surface area contributed by atoms with Crippen LogP contribution in [0.4, 0.5) is 0 Å². The predicted octanol–water partition coefficient (Wildman–Crippen LogP) is 1.93. The molecular formula is C13H16N4O2. The molecule has 0 saturated carbocycles. The number of tetrazole rings is 1. The van der Waals surface area contributed by atoms with Crippen LogP contribution in [0, 0.1) is 12.8 Å². The Morgan fingerprint density at radius 3 is 2.47 bits per heavy atom. The molecule has 2 atom stereocenters. The van der Waals surface area contributed by atoms with Gasteiger partial charge in [0.15, 0.2) is 5.82 Å². The SMILES string of the molecule is Cc1ccc(-c2nnnn2C(C)C(C)C(=O)O)cc1. The topological polar surface area (TPSA) is 80.9 Å². The predicted molar refractivity (Wildman–Crippen MR) is 69.5 cm³/mol. The van der Waals surface area contributed by atoms with E-state index in [4.69, 9.17) is 5.11 Å². The maximum Gasteiger partial charge on any atom is 0.308 e. The molecule has 100 valence electrons. The first kappa shape index (κ1) is 13.2. The van der Waals surface area contributed by atoms with Crippen LogP contribution in [0.15, 0.2) is 24.3 Å². The minimum absolute atomic E-state index is 0.316. The number of aryl methyl sites for hydroxylation is 1. The minimum atomic E-state index is -0.863. The minimum Gasteiger partial charge on any atom is -0.481 e.